The molecule has 0 unspecified atom stereocenters. The first-order chi connectivity index (χ1) is 10.3. The molecule has 1 N–H and O–H groups in total. The van der Waals surface area contributed by atoms with Gasteiger partial charge < -0.3 is 14.7 Å². The molecule has 0 bridgehead atoms. The van der Waals surface area contributed by atoms with Crippen molar-refractivity contribution < 1.29 is 14.6 Å². The highest BCUT2D eigenvalue weighted by atomic mass is 16.5. The summed E-state index contributed by atoms with van der Waals surface area (Å²) in [7, 11) is 2.11. The molecule has 0 aliphatic carbocycles. The number of fused-ring (bicyclic) bond motifs is 1. The maximum atomic E-state index is 10.5. The fourth-order valence-corrected chi connectivity index (χ4v) is 2.80. The van der Waals surface area contributed by atoms with Gasteiger partial charge in [0.15, 0.2) is 0 Å². The smallest absolute Gasteiger partial charge is 0.303 e. The molecule has 0 aromatic heterocycles. The summed E-state index contributed by atoms with van der Waals surface area (Å²) in [6.45, 7) is 7.08. The van der Waals surface area contributed by atoms with Crippen molar-refractivity contribution in [1.82, 2.24) is 0 Å². The average Bonchev–Trinajstić information content (AvgIpc) is 2.44. The summed E-state index contributed by atoms with van der Waals surface area (Å²) in [5.74, 6) is 0.0927. The average molecular weight is 303 g/mol. The summed E-state index contributed by atoms with van der Waals surface area (Å²) >= 11 is 0. The lowest BCUT2D eigenvalue weighted by Crippen LogP contribution is -2.41. The third-order valence-electron chi connectivity index (χ3n) is 4.24. The van der Waals surface area contributed by atoms with Gasteiger partial charge in [0, 0.05) is 24.7 Å². The number of hydrogen-bond acceptors (Lipinski definition) is 3. The first-order valence-corrected chi connectivity index (χ1v) is 7.73. The van der Waals surface area contributed by atoms with Gasteiger partial charge in [-0.3, -0.25) is 4.79 Å². The lowest BCUT2D eigenvalue weighted by Gasteiger charge is -2.40. The van der Waals surface area contributed by atoms with Gasteiger partial charge in [0.1, 0.15) is 5.75 Å². The van der Waals surface area contributed by atoms with Crippen molar-refractivity contribution in [3.8, 4) is 5.75 Å². The van der Waals surface area contributed by atoms with Gasteiger partial charge in [0.2, 0.25) is 0 Å². The Kier molecular flexibility index (Phi) is 4.79. The number of carbonyl (C=O) groups is 1. The van der Waals surface area contributed by atoms with Crippen LogP contribution in [0.2, 0.25) is 0 Å². The van der Waals surface area contributed by atoms with E-state index >= 15 is 0 Å². The van der Waals surface area contributed by atoms with E-state index in [1.165, 1.54) is 16.8 Å². The van der Waals surface area contributed by atoms with Crippen molar-refractivity contribution in [2.24, 2.45) is 0 Å². The number of nitrogens with zero attached hydrogens (tertiary/aromatic N) is 1. The standard InChI is InChI=1S/C18H25NO3/c1-13-12-18(2,3)19(4)16-9-8-14(11-15(13)16)22-10-6-5-7-17(20)21/h8-9,11-12H,5-7,10H2,1-4H3,(H,20,21). The van der Waals surface area contributed by atoms with E-state index in [9.17, 15) is 4.79 Å². The molecule has 0 saturated heterocycles. The highest BCUT2D eigenvalue weighted by Crippen LogP contribution is 2.39. The monoisotopic (exact) mass is 303 g/mol. The first kappa shape index (κ1) is 16.4. The number of hydrogen-bond donors (Lipinski definition) is 1. The molecule has 0 atom stereocenters. The molecule has 4 nitrogen and oxygen atoms in total. The quantitative estimate of drug-likeness (QED) is 0.808. The van der Waals surface area contributed by atoms with Gasteiger partial charge in [-0.05, 0) is 57.4 Å². The minimum Gasteiger partial charge on any atom is -0.494 e. The van der Waals surface area contributed by atoms with Crippen LogP contribution in [0.15, 0.2) is 24.3 Å². The molecule has 1 aliphatic heterocycles. The van der Waals surface area contributed by atoms with Crippen LogP contribution in [0.3, 0.4) is 0 Å². The van der Waals surface area contributed by atoms with Crippen LogP contribution in [0.25, 0.3) is 5.57 Å². The predicted octanol–water partition coefficient (Wildman–Crippen LogP) is 3.95. The van der Waals surface area contributed by atoms with E-state index in [2.05, 4.69) is 50.9 Å². The molecule has 1 aromatic rings. The predicted molar refractivity (Wildman–Crippen MR) is 89.6 cm³/mol. The lowest BCUT2D eigenvalue weighted by atomic mass is 9.89. The second kappa shape index (κ2) is 6.42. The van der Waals surface area contributed by atoms with Crippen LogP contribution in [0.4, 0.5) is 5.69 Å². The fourth-order valence-electron chi connectivity index (χ4n) is 2.80. The van der Waals surface area contributed by atoms with Crippen LogP contribution in [0.1, 0.15) is 45.6 Å². The Morgan fingerprint density at radius 3 is 2.73 bits per heavy atom. The topological polar surface area (TPSA) is 49.8 Å². The summed E-state index contributed by atoms with van der Waals surface area (Å²) < 4.78 is 5.75. The zero-order valence-electron chi connectivity index (χ0n) is 13.8. The molecule has 120 valence electrons. The van der Waals surface area contributed by atoms with E-state index in [-0.39, 0.29) is 12.0 Å². The zero-order valence-corrected chi connectivity index (χ0v) is 13.8. The van der Waals surface area contributed by atoms with E-state index in [1.54, 1.807) is 0 Å². The molecule has 1 heterocycles. The number of allylic oxidation sites excluding steroid dienone is 1. The number of carboxylic acids is 1. The Morgan fingerprint density at radius 2 is 2.05 bits per heavy atom. The maximum absolute atomic E-state index is 10.5. The molecule has 0 saturated carbocycles. The van der Waals surface area contributed by atoms with Crippen LogP contribution >= 0.6 is 0 Å². The number of benzene rings is 1. The second-order valence-corrected chi connectivity index (χ2v) is 6.42. The van der Waals surface area contributed by atoms with E-state index in [1.807, 2.05) is 6.07 Å². The molecule has 0 fully saturated rings. The van der Waals surface area contributed by atoms with E-state index < -0.39 is 5.97 Å². The lowest BCUT2D eigenvalue weighted by molar-refractivity contribution is -0.137. The van der Waals surface area contributed by atoms with Gasteiger partial charge >= 0.3 is 5.97 Å². The molecule has 2 rings (SSSR count). The van der Waals surface area contributed by atoms with Gasteiger partial charge in [-0.2, -0.15) is 0 Å². The fraction of sp³-hybridized carbons (Fsp3) is 0.500. The number of ether oxygens (including phenoxy) is 1. The molecule has 4 heteroatoms. The normalized spacial score (nSPS) is 16.0. The second-order valence-electron chi connectivity index (χ2n) is 6.42. The summed E-state index contributed by atoms with van der Waals surface area (Å²) in [6, 6.07) is 6.16. The highest BCUT2D eigenvalue weighted by molar-refractivity contribution is 5.81. The minimum atomic E-state index is -0.750. The minimum absolute atomic E-state index is 0.0102. The third-order valence-corrected chi connectivity index (χ3v) is 4.24. The number of carboxylic acid groups (broad SMARTS) is 1. The first-order valence-electron chi connectivity index (χ1n) is 7.73. The molecule has 22 heavy (non-hydrogen) atoms. The van der Waals surface area contributed by atoms with Gasteiger partial charge in [-0.1, -0.05) is 6.08 Å². The molecular weight excluding hydrogens is 278 g/mol. The van der Waals surface area contributed by atoms with Gasteiger partial charge in [0.25, 0.3) is 0 Å². The molecule has 0 radical (unpaired) electrons. The Morgan fingerprint density at radius 1 is 1.32 bits per heavy atom. The van der Waals surface area contributed by atoms with E-state index in [0.29, 0.717) is 13.0 Å². The van der Waals surface area contributed by atoms with Crippen LogP contribution in [0, 0.1) is 0 Å². The highest BCUT2D eigenvalue weighted by Gasteiger charge is 2.28. The van der Waals surface area contributed by atoms with Crippen molar-refractivity contribution in [3.63, 3.8) is 0 Å². The number of aliphatic carboxylic acids is 1. The SMILES string of the molecule is CC1=CC(C)(C)N(C)c2ccc(OCCCCC(=O)O)cc21. The molecule has 0 amide bonds. The third kappa shape index (κ3) is 3.62. The zero-order chi connectivity index (χ0) is 16.3. The molecule has 1 aliphatic rings. The van der Waals surface area contributed by atoms with Crippen LogP contribution in [0.5, 0.6) is 5.75 Å². The Bertz CT molecular complexity index is 590. The Labute approximate surface area is 132 Å². The number of likely N-dealkylation sites (N-methyl/N-ethyl adjacent to an activating group) is 1. The number of unbranched alkanes of at least 4 members (excludes halogenated alkanes) is 1. The van der Waals surface area contributed by atoms with Crippen LogP contribution in [-0.2, 0) is 4.79 Å². The van der Waals surface area contributed by atoms with E-state index in [4.69, 9.17) is 9.84 Å². The van der Waals surface area contributed by atoms with Gasteiger partial charge in [-0.15, -0.1) is 0 Å². The van der Waals surface area contributed by atoms with Crippen molar-refractivity contribution in [1.29, 1.82) is 0 Å². The largest absolute Gasteiger partial charge is 0.494 e. The Balaban J connectivity index is 2.03. The van der Waals surface area contributed by atoms with Gasteiger partial charge in [-0.25, -0.2) is 0 Å². The summed E-state index contributed by atoms with van der Waals surface area (Å²) in [6.07, 6.45) is 3.88. The van der Waals surface area contributed by atoms with Crippen LogP contribution < -0.4 is 9.64 Å². The maximum Gasteiger partial charge on any atom is 0.303 e. The van der Waals surface area contributed by atoms with E-state index in [0.717, 1.165) is 12.2 Å². The summed E-state index contributed by atoms with van der Waals surface area (Å²) in [4.78, 5) is 12.7. The number of rotatable bonds is 6. The van der Waals surface area contributed by atoms with Crippen molar-refractivity contribution in [2.75, 3.05) is 18.6 Å². The molecule has 0 spiro atoms. The molecular formula is C18H25NO3. The van der Waals surface area contributed by atoms with Crippen molar-refractivity contribution in [2.45, 2.75) is 45.6 Å². The number of anilines is 1. The van der Waals surface area contributed by atoms with Crippen LogP contribution in [-0.4, -0.2) is 30.3 Å². The molecule has 1 aromatic carbocycles. The van der Waals surface area contributed by atoms with Crippen molar-refractivity contribution in [3.05, 3.63) is 29.8 Å². The van der Waals surface area contributed by atoms with Gasteiger partial charge in [0.05, 0.1) is 12.1 Å². The summed E-state index contributed by atoms with van der Waals surface area (Å²) in [5.41, 5.74) is 3.68. The Hall–Kier alpha value is -1.97. The van der Waals surface area contributed by atoms with Crippen molar-refractivity contribution >= 4 is 17.2 Å². The summed E-state index contributed by atoms with van der Waals surface area (Å²) in [5, 5.41) is 8.61.